The average molecular weight is 281 g/mol. The molecule has 0 aliphatic carbocycles. The minimum Gasteiger partial charge on any atom is -0.497 e. The first-order chi connectivity index (χ1) is 9.45. The van der Waals surface area contributed by atoms with Gasteiger partial charge in [0.05, 0.1) is 20.3 Å². The molecule has 112 valence electrons. The molecule has 0 bridgehead atoms. The highest BCUT2D eigenvalue weighted by atomic mass is 16.5. The van der Waals surface area contributed by atoms with Crippen LogP contribution in [0.15, 0.2) is 24.3 Å². The summed E-state index contributed by atoms with van der Waals surface area (Å²) in [5, 5.41) is 2.99. The number of rotatable bonds is 7. The van der Waals surface area contributed by atoms with Crippen molar-refractivity contribution < 1.29 is 19.0 Å². The zero-order valence-corrected chi connectivity index (χ0v) is 12.7. The molecular weight excluding hydrogens is 258 g/mol. The SMILES string of the molecule is CNC(C)(CC(C)Oc1ccc(OC)cc1)C(=O)OC. The van der Waals surface area contributed by atoms with Gasteiger partial charge in [0.25, 0.3) is 0 Å². The maximum absolute atomic E-state index is 11.8. The summed E-state index contributed by atoms with van der Waals surface area (Å²) >= 11 is 0. The molecule has 20 heavy (non-hydrogen) atoms. The largest absolute Gasteiger partial charge is 0.497 e. The van der Waals surface area contributed by atoms with Crippen LogP contribution in [0, 0.1) is 0 Å². The van der Waals surface area contributed by atoms with Crippen LogP contribution in [0.5, 0.6) is 11.5 Å². The van der Waals surface area contributed by atoms with Crippen LogP contribution >= 0.6 is 0 Å². The molecule has 0 saturated heterocycles. The van der Waals surface area contributed by atoms with Crippen LogP contribution in [0.25, 0.3) is 0 Å². The summed E-state index contributed by atoms with van der Waals surface area (Å²) in [5.74, 6) is 1.21. The average Bonchev–Trinajstić information content (AvgIpc) is 2.46. The van der Waals surface area contributed by atoms with Crippen molar-refractivity contribution in [2.75, 3.05) is 21.3 Å². The van der Waals surface area contributed by atoms with E-state index in [2.05, 4.69) is 5.32 Å². The Morgan fingerprint density at radius 3 is 2.25 bits per heavy atom. The lowest BCUT2D eigenvalue weighted by Gasteiger charge is -2.29. The van der Waals surface area contributed by atoms with Crippen molar-refractivity contribution in [2.24, 2.45) is 0 Å². The summed E-state index contributed by atoms with van der Waals surface area (Å²) < 4.78 is 15.7. The Morgan fingerprint density at radius 1 is 1.25 bits per heavy atom. The first-order valence-electron chi connectivity index (χ1n) is 6.53. The topological polar surface area (TPSA) is 56.8 Å². The van der Waals surface area contributed by atoms with E-state index >= 15 is 0 Å². The first kappa shape index (κ1) is 16.3. The van der Waals surface area contributed by atoms with Gasteiger partial charge in [-0.3, -0.25) is 4.79 Å². The van der Waals surface area contributed by atoms with Crippen LogP contribution in [-0.2, 0) is 9.53 Å². The molecule has 2 unspecified atom stereocenters. The van der Waals surface area contributed by atoms with E-state index in [1.807, 2.05) is 31.2 Å². The van der Waals surface area contributed by atoms with Crippen molar-refractivity contribution in [1.82, 2.24) is 5.32 Å². The highest BCUT2D eigenvalue weighted by Gasteiger charge is 2.34. The molecule has 1 aromatic carbocycles. The second kappa shape index (κ2) is 7.14. The molecule has 0 amide bonds. The summed E-state index contributed by atoms with van der Waals surface area (Å²) in [7, 11) is 4.73. The maximum Gasteiger partial charge on any atom is 0.325 e. The Kier molecular flexibility index (Phi) is 5.82. The Labute approximate surface area is 120 Å². The third-order valence-electron chi connectivity index (χ3n) is 3.28. The van der Waals surface area contributed by atoms with Crippen molar-refractivity contribution in [1.29, 1.82) is 0 Å². The number of esters is 1. The van der Waals surface area contributed by atoms with E-state index in [4.69, 9.17) is 14.2 Å². The molecule has 1 N–H and O–H groups in total. The van der Waals surface area contributed by atoms with Crippen molar-refractivity contribution in [2.45, 2.75) is 31.9 Å². The number of carbonyl (C=O) groups is 1. The van der Waals surface area contributed by atoms with E-state index in [9.17, 15) is 4.79 Å². The highest BCUT2D eigenvalue weighted by Crippen LogP contribution is 2.21. The minimum absolute atomic E-state index is 0.139. The van der Waals surface area contributed by atoms with Crippen LogP contribution in [0.4, 0.5) is 0 Å². The Balaban J connectivity index is 2.65. The highest BCUT2D eigenvalue weighted by molar-refractivity contribution is 5.80. The van der Waals surface area contributed by atoms with Crippen molar-refractivity contribution in [3.8, 4) is 11.5 Å². The smallest absolute Gasteiger partial charge is 0.325 e. The molecule has 0 saturated carbocycles. The molecule has 0 aromatic heterocycles. The number of hydrogen-bond acceptors (Lipinski definition) is 5. The molecule has 5 heteroatoms. The molecule has 0 heterocycles. The standard InChI is InChI=1S/C15H23NO4/c1-11(10-15(2,16-3)14(17)19-5)20-13-8-6-12(18-4)7-9-13/h6-9,11,16H,10H2,1-5H3. The Bertz CT molecular complexity index is 432. The fraction of sp³-hybridized carbons (Fsp3) is 0.533. The Hall–Kier alpha value is -1.75. The molecule has 1 aromatic rings. The van der Waals surface area contributed by atoms with Gasteiger partial charge in [-0.15, -0.1) is 0 Å². The van der Waals surface area contributed by atoms with Gasteiger partial charge >= 0.3 is 5.97 Å². The van der Waals surface area contributed by atoms with Gasteiger partial charge in [-0.2, -0.15) is 0 Å². The molecule has 0 fully saturated rings. The van der Waals surface area contributed by atoms with Gasteiger partial charge in [0, 0.05) is 6.42 Å². The van der Waals surface area contributed by atoms with E-state index < -0.39 is 5.54 Å². The zero-order chi connectivity index (χ0) is 15.2. The maximum atomic E-state index is 11.8. The number of carbonyl (C=O) groups excluding carboxylic acids is 1. The quantitative estimate of drug-likeness (QED) is 0.775. The predicted octanol–water partition coefficient (Wildman–Crippen LogP) is 2.00. The summed E-state index contributed by atoms with van der Waals surface area (Å²) in [4.78, 5) is 11.8. The van der Waals surface area contributed by atoms with Crippen LogP contribution in [0.3, 0.4) is 0 Å². The van der Waals surface area contributed by atoms with Gasteiger partial charge in [0.2, 0.25) is 0 Å². The molecule has 2 atom stereocenters. The van der Waals surface area contributed by atoms with Gasteiger partial charge in [-0.05, 0) is 45.2 Å². The van der Waals surface area contributed by atoms with Gasteiger partial charge < -0.3 is 19.5 Å². The van der Waals surface area contributed by atoms with Crippen molar-refractivity contribution in [3.05, 3.63) is 24.3 Å². The van der Waals surface area contributed by atoms with Gasteiger partial charge in [-0.25, -0.2) is 0 Å². The predicted molar refractivity (Wildman–Crippen MR) is 77.2 cm³/mol. The van der Waals surface area contributed by atoms with Crippen molar-refractivity contribution >= 4 is 5.97 Å². The minimum atomic E-state index is -0.763. The number of ether oxygens (including phenoxy) is 3. The van der Waals surface area contributed by atoms with E-state index in [0.717, 1.165) is 11.5 Å². The number of hydrogen-bond donors (Lipinski definition) is 1. The monoisotopic (exact) mass is 281 g/mol. The molecule has 0 aliphatic heterocycles. The lowest BCUT2D eigenvalue weighted by molar-refractivity contribution is -0.148. The van der Waals surface area contributed by atoms with Crippen LogP contribution in [0.1, 0.15) is 20.3 Å². The summed E-state index contributed by atoms with van der Waals surface area (Å²) in [6.45, 7) is 3.72. The number of benzene rings is 1. The van der Waals surface area contributed by atoms with Gasteiger partial charge in [0.1, 0.15) is 17.0 Å². The summed E-state index contributed by atoms with van der Waals surface area (Å²) in [6.07, 6.45) is 0.363. The second-order valence-electron chi connectivity index (χ2n) is 4.88. The number of methoxy groups -OCH3 is 2. The fourth-order valence-electron chi connectivity index (χ4n) is 2.02. The van der Waals surface area contributed by atoms with Crippen LogP contribution < -0.4 is 14.8 Å². The molecule has 5 nitrogen and oxygen atoms in total. The lowest BCUT2D eigenvalue weighted by Crippen LogP contribution is -2.50. The third kappa shape index (κ3) is 4.13. The summed E-state index contributed by atoms with van der Waals surface area (Å²) in [5.41, 5.74) is -0.763. The first-order valence-corrected chi connectivity index (χ1v) is 6.53. The number of nitrogens with one attached hydrogen (secondary N) is 1. The van der Waals surface area contributed by atoms with Gasteiger partial charge in [0.15, 0.2) is 0 Å². The van der Waals surface area contributed by atoms with Gasteiger partial charge in [-0.1, -0.05) is 0 Å². The van der Waals surface area contributed by atoms with E-state index in [1.54, 1.807) is 21.1 Å². The third-order valence-corrected chi connectivity index (χ3v) is 3.28. The van der Waals surface area contributed by atoms with E-state index in [1.165, 1.54) is 7.11 Å². The molecule has 0 spiro atoms. The fourth-order valence-corrected chi connectivity index (χ4v) is 2.02. The van der Waals surface area contributed by atoms with Crippen LogP contribution in [0.2, 0.25) is 0 Å². The molecule has 0 radical (unpaired) electrons. The Morgan fingerprint density at radius 2 is 1.80 bits per heavy atom. The van der Waals surface area contributed by atoms with Crippen LogP contribution in [-0.4, -0.2) is 38.9 Å². The van der Waals surface area contributed by atoms with Crippen molar-refractivity contribution in [3.63, 3.8) is 0 Å². The number of likely N-dealkylation sites (N-methyl/N-ethyl adjacent to an activating group) is 1. The molecular formula is C15H23NO4. The lowest BCUT2D eigenvalue weighted by atomic mass is 9.95. The summed E-state index contributed by atoms with van der Waals surface area (Å²) in [6, 6.07) is 7.34. The zero-order valence-electron chi connectivity index (χ0n) is 12.7. The second-order valence-corrected chi connectivity index (χ2v) is 4.88. The van der Waals surface area contributed by atoms with E-state index in [-0.39, 0.29) is 12.1 Å². The van der Waals surface area contributed by atoms with E-state index in [0.29, 0.717) is 6.42 Å². The normalized spacial score (nSPS) is 15.1. The molecule has 0 aliphatic rings. The molecule has 1 rings (SSSR count).